The van der Waals surface area contributed by atoms with E-state index in [1.54, 1.807) is 44.4 Å². The van der Waals surface area contributed by atoms with Crippen molar-refractivity contribution < 1.29 is 23.1 Å². The van der Waals surface area contributed by atoms with Crippen molar-refractivity contribution in [3.63, 3.8) is 0 Å². The summed E-state index contributed by atoms with van der Waals surface area (Å²) in [5, 5.41) is 7.82. The van der Waals surface area contributed by atoms with Crippen molar-refractivity contribution in [2.24, 2.45) is 7.05 Å². The fourth-order valence-corrected chi connectivity index (χ4v) is 3.47. The summed E-state index contributed by atoms with van der Waals surface area (Å²) in [7, 11) is 1.69. The first-order valence-electron chi connectivity index (χ1n) is 10.2. The summed E-state index contributed by atoms with van der Waals surface area (Å²) in [5.74, 6) is -1.04. The van der Waals surface area contributed by atoms with Gasteiger partial charge in [0, 0.05) is 31.0 Å². The van der Waals surface area contributed by atoms with Gasteiger partial charge in [0.2, 0.25) is 6.43 Å². The number of fused-ring (bicyclic) bond motifs is 1. The molecule has 0 saturated heterocycles. The number of ether oxygens (including phenoxy) is 1. The number of nitrogens with one attached hydrogen (secondary N) is 1. The standard InChI is InChI=1S/C22H23ClF2N4O3/c1-3-32-22(31)14-8-6-7-13-15(16-12-27-29(2)20(16)23)11-17(28-19(13)14)21(30)26-10-5-4-9-18(24)25/h6-8,11-12,18H,3-5,9-10H2,1-2H3,(H,26,30). The SMILES string of the molecule is CCOC(=O)c1cccc2c(-c3cnn(C)c3Cl)cc(C(=O)NCCCCC(F)F)nc12. The van der Waals surface area contributed by atoms with E-state index in [1.807, 2.05) is 0 Å². The molecule has 1 amide bonds. The number of aryl methyl sites for hydroxylation is 1. The fraction of sp³-hybridized carbons (Fsp3) is 0.364. The van der Waals surface area contributed by atoms with Gasteiger partial charge in [-0.3, -0.25) is 9.48 Å². The number of amides is 1. The van der Waals surface area contributed by atoms with Crippen LogP contribution >= 0.6 is 11.6 Å². The first kappa shape index (κ1) is 23.6. The number of halogens is 3. The van der Waals surface area contributed by atoms with E-state index in [0.717, 1.165) is 0 Å². The number of nitrogens with zero attached hydrogens (tertiary/aromatic N) is 3. The molecule has 1 N–H and O–H groups in total. The number of aromatic nitrogens is 3. The summed E-state index contributed by atoms with van der Waals surface area (Å²) in [5.41, 5.74) is 1.75. The first-order chi connectivity index (χ1) is 15.3. The molecule has 2 heterocycles. The Morgan fingerprint density at radius 3 is 2.69 bits per heavy atom. The lowest BCUT2D eigenvalue weighted by Crippen LogP contribution is -2.25. The highest BCUT2D eigenvalue weighted by Gasteiger charge is 2.21. The molecule has 0 saturated carbocycles. The van der Waals surface area contributed by atoms with Crippen LogP contribution < -0.4 is 5.32 Å². The lowest BCUT2D eigenvalue weighted by atomic mass is 10.00. The lowest BCUT2D eigenvalue weighted by Gasteiger charge is -2.12. The summed E-state index contributed by atoms with van der Waals surface area (Å²) < 4.78 is 31.2. The Morgan fingerprint density at radius 2 is 2.03 bits per heavy atom. The Hall–Kier alpha value is -3.07. The van der Waals surface area contributed by atoms with Crippen LogP contribution in [0.15, 0.2) is 30.5 Å². The minimum absolute atomic E-state index is 0.0676. The molecule has 32 heavy (non-hydrogen) atoms. The summed E-state index contributed by atoms with van der Waals surface area (Å²) >= 11 is 6.40. The van der Waals surface area contributed by atoms with Crippen LogP contribution in [0.5, 0.6) is 0 Å². The summed E-state index contributed by atoms with van der Waals surface area (Å²) in [6.45, 7) is 2.12. The molecule has 0 aliphatic rings. The molecule has 2 aromatic heterocycles. The molecule has 1 aromatic carbocycles. The number of carbonyl (C=O) groups is 2. The second-order valence-electron chi connectivity index (χ2n) is 7.09. The van der Waals surface area contributed by atoms with Crippen molar-refractivity contribution in [3.8, 4) is 11.1 Å². The third-order valence-corrected chi connectivity index (χ3v) is 5.31. The maximum Gasteiger partial charge on any atom is 0.340 e. The predicted molar refractivity (Wildman–Crippen MR) is 117 cm³/mol. The number of carbonyl (C=O) groups excluding carboxylic acids is 2. The van der Waals surface area contributed by atoms with Gasteiger partial charge in [0.25, 0.3) is 5.91 Å². The zero-order valence-corrected chi connectivity index (χ0v) is 18.5. The van der Waals surface area contributed by atoms with Crippen LogP contribution in [-0.2, 0) is 11.8 Å². The molecule has 0 fully saturated rings. The number of unbranched alkanes of at least 4 members (excludes halogenated alkanes) is 1. The fourth-order valence-electron chi connectivity index (χ4n) is 3.28. The van der Waals surface area contributed by atoms with Gasteiger partial charge in [-0.1, -0.05) is 23.7 Å². The Labute approximate surface area is 188 Å². The van der Waals surface area contributed by atoms with Gasteiger partial charge in [0.05, 0.1) is 23.9 Å². The Balaban J connectivity index is 2.03. The average molecular weight is 465 g/mol. The van der Waals surface area contributed by atoms with E-state index < -0.39 is 18.3 Å². The molecular formula is C22H23ClF2N4O3. The zero-order valence-electron chi connectivity index (χ0n) is 17.7. The summed E-state index contributed by atoms with van der Waals surface area (Å²) in [6.07, 6.45) is -0.288. The van der Waals surface area contributed by atoms with E-state index in [1.165, 1.54) is 4.68 Å². The molecule has 170 valence electrons. The number of hydrogen-bond acceptors (Lipinski definition) is 5. The minimum atomic E-state index is -2.36. The van der Waals surface area contributed by atoms with Crippen molar-refractivity contribution in [1.29, 1.82) is 0 Å². The molecule has 7 nitrogen and oxygen atoms in total. The number of para-hydroxylation sites is 1. The number of hydrogen-bond donors (Lipinski definition) is 1. The van der Waals surface area contributed by atoms with Gasteiger partial charge >= 0.3 is 5.97 Å². The highest BCUT2D eigenvalue weighted by Crippen LogP contribution is 2.34. The molecule has 0 atom stereocenters. The molecular weight excluding hydrogens is 442 g/mol. The van der Waals surface area contributed by atoms with Gasteiger partial charge in [-0.05, 0) is 37.5 Å². The van der Waals surface area contributed by atoms with Gasteiger partial charge in [-0.25, -0.2) is 18.6 Å². The van der Waals surface area contributed by atoms with Crippen LogP contribution in [0.25, 0.3) is 22.0 Å². The molecule has 0 aliphatic carbocycles. The number of benzene rings is 1. The van der Waals surface area contributed by atoms with Crippen molar-refractivity contribution >= 4 is 34.4 Å². The molecule has 0 spiro atoms. The summed E-state index contributed by atoms with van der Waals surface area (Å²) in [6, 6.07) is 6.63. The number of rotatable bonds is 9. The lowest BCUT2D eigenvalue weighted by molar-refractivity contribution is 0.0528. The van der Waals surface area contributed by atoms with E-state index in [0.29, 0.717) is 40.0 Å². The van der Waals surface area contributed by atoms with E-state index in [4.69, 9.17) is 16.3 Å². The van der Waals surface area contributed by atoms with Crippen LogP contribution in [0.3, 0.4) is 0 Å². The van der Waals surface area contributed by atoms with Crippen molar-refractivity contribution in [2.75, 3.05) is 13.2 Å². The molecule has 3 aromatic rings. The Bertz CT molecular complexity index is 1130. The maximum atomic E-state index is 12.8. The number of pyridine rings is 1. The monoisotopic (exact) mass is 464 g/mol. The van der Waals surface area contributed by atoms with Crippen LogP contribution in [0.2, 0.25) is 5.15 Å². The Kier molecular flexibility index (Phi) is 7.74. The highest BCUT2D eigenvalue weighted by atomic mass is 35.5. The largest absolute Gasteiger partial charge is 0.462 e. The van der Waals surface area contributed by atoms with Crippen LogP contribution in [0, 0.1) is 0 Å². The molecule has 10 heteroatoms. The van der Waals surface area contributed by atoms with Crippen molar-refractivity contribution in [3.05, 3.63) is 46.9 Å². The van der Waals surface area contributed by atoms with E-state index >= 15 is 0 Å². The van der Waals surface area contributed by atoms with Gasteiger partial charge in [-0.15, -0.1) is 0 Å². The van der Waals surface area contributed by atoms with Crippen molar-refractivity contribution in [1.82, 2.24) is 20.1 Å². The maximum absolute atomic E-state index is 12.8. The van der Waals surface area contributed by atoms with Gasteiger partial charge in [0.1, 0.15) is 10.8 Å². The number of alkyl halides is 2. The number of esters is 1. The second kappa shape index (κ2) is 10.5. The van der Waals surface area contributed by atoms with Gasteiger partial charge in [-0.2, -0.15) is 5.10 Å². The first-order valence-corrected chi connectivity index (χ1v) is 10.6. The Morgan fingerprint density at radius 1 is 1.25 bits per heavy atom. The second-order valence-corrected chi connectivity index (χ2v) is 7.45. The van der Waals surface area contributed by atoms with E-state index in [2.05, 4.69) is 15.4 Å². The van der Waals surface area contributed by atoms with Crippen LogP contribution in [0.4, 0.5) is 8.78 Å². The van der Waals surface area contributed by atoms with E-state index in [9.17, 15) is 18.4 Å². The minimum Gasteiger partial charge on any atom is -0.462 e. The van der Waals surface area contributed by atoms with Gasteiger partial charge in [0.15, 0.2) is 0 Å². The predicted octanol–water partition coefficient (Wildman–Crippen LogP) is 4.63. The van der Waals surface area contributed by atoms with Gasteiger partial charge < -0.3 is 10.1 Å². The quantitative estimate of drug-likeness (QED) is 0.368. The molecule has 0 bridgehead atoms. The van der Waals surface area contributed by atoms with Crippen LogP contribution in [0.1, 0.15) is 47.0 Å². The zero-order chi connectivity index (χ0) is 23.3. The van der Waals surface area contributed by atoms with Crippen LogP contribution in [-0.4, -0.2) is 46.2 Å². The molecule has 3 rings (SSSR count). The summed E-state index contributed by atoms with van der Waals surface area (Å²) in [4.78, 5) is 29.7. The highest BCUT2D eigenvalue weighted by molar-refractivity contribution is 6.32. The normalized spacial score (nSPS) is 11.2. The smallest absolute Gasteiger partial charge is 0.340 e. The topological polar surface area (TPSA) is 86.1 Å². The molecule has 0 aliphatic heterocycles. The molecule has 0 radical (unpaired) electrons. The molecule has 0 unspecified atom stereocenters. The third-order valence-electron chi connectivity index (χ3n) is 4.86. The van der Waals surface area contributed by atoms with Crippen molar-refractivity contribution in [2.45, 2.75) is 32.6 Å². The average Bonchev–Trinajstić information content (AvgIpc) is 3.10. The third kappa shape index (κ3) is 5.21. The van der Waals surface area contributed by atoms with E-state index in [-0.39, 0.29) is 30.8 Å².